The zero-order valence-corrected chi connectivity index (χ0v) is 11.1. The summed E-state index contributed by atoms with van der Waals surface area (Å²) in [5.74, 6) is 0. The molecule has 1 saturated heterocycles. The molecule has 0 saturated carbocycles. The largest absolute Gasteiger partial charge is 0.379 e. The summed E-state index contributed by atoms with van der Waals surface area (Å²) < 4.78 is 30.6. The van der Waals surface area contributed by atoms with E-state index in [1.54, 1.807) is 20.8 Å². The molecule has 1 aliphatic rings. The molecule has 16 heavy (non-hydrogen) atoms. The van der Waals surface area contributed by atoms with Gasteiger partial charge in [-0.2, -0.15) is 0 Å². The molecule has 1 fully saturated rings. The lowest BCUT2D eigenvalue weighted by atomic mass is 10.3. The smallest absolute Gasteiger partial charge is 0.216 e. The molecule has 1 heterocycles. The fourth-order valence-electron chi connectivity index (χ4n) is 1.38. The van der Waals surface area contributed by atoms with Crippen molar-refractivity contribution < 1.29 is 13.2 Å². The predicted octanol–water partition coefficient (Wildman–Crippen LogP) is 0.0365. The van der Waals surface area contributed by atoms with Gasteiger partial charge in [-0.15, -0.1) is 0 Å². The van der Waals surface area contributed by atoms with Crippen LogP contribution in [0.25, 0.3) is 0 Å². The molecule has 0 unspecified atom stereocenters. The van der Waals surface area contributed by atoms with Crippen molar-refractivity contribution in [3.05, 3.63) is 0 Å². The first-order valence-corrected chi connectivity index (χ1v) is 7.10. The van der Waals surface area contributed by atoms with Crippen LogP contribution in [-0.4, -0.2) is 57.5 Å². The second-order valence-corrected chi connectivity index (χ2v) is 7.48. The minimum Gasteiger partial charge on any atom is -0.379 e. The van der Waals surface area contributed by atoms with Crippen LogP contribution in [0.3, 0.4) is 0 Å². The van der Waals surface area contributed by atoms with Gasteiger partial charge in [0.1, 0.15) is 0 Å². The second-order valence-electron chi connectivity index (χ2n) is 4.96. The average Bonchev–Trinajstić information content (AvgIpc) is 2.17. The molecule has 1 aliphatic heterocycles. The molecule has 1 N–H and O–H groups in total. The van der Waals surface area contributed by atoms with Crippen molar-refractivity contribution in [1.82, 2.24) is 9.62 Å². The van der Waals surface area contributed by atoms with E-state index in [0.717, 1.165) is 32.8 Å². The van der Waals surface area contributed by atoms with E-state index in [9.17, 15) is 8.42 Å². The van der Waals surface area contributed by atoms with Gasteiger partial charge in [0.25, 0.3) is 0 Å². The number of sulfonamides is 1. The van der Waals surface area contributed by atoms with Crippen LogP contribution in [0, 0.1) is 0 Å². The minimum absolute atomic E-state index is 0.472. The van der Waals surface area contributed by atoms with Crippen molar-refractivity contribution in [3.8, 4) is 0 Å². The zero-order chi connectivity index (χ0) is 12.2. The van der Waals surface area contributed by atoms with Gasteiger partial charge in [0.2, 0.25) is 10.0 Å². The first-order chi connectivity index (χ1) is 7.33. The van der Waals surface area contributed by atoms with Gasteiger partial charge >= 0.3 is 0 Å². The number of morpholine rings is 1. The summed E-state index contributed by atoms with van der Waals surface area (Å²) in [5.41, 5.74) is 0. The summed E-state index contributed by atoms with van der Waals surface area (Å²) in [4.78, 5) is 2.20. The van der Waals surface area contributed by atoms with Crippen molar-refractivity contribution in [3.63, 3.8) is 0 Å². The van der Waals surface area contributed by atoms with Gasteiger partial charge in [-0.05, 0) is 20.8 Å². The monoisotopic (exact) mass is 250 g/mol. The molecule has 1 rings (SSSR count). The number of hydrogen-bond acceptors (Lipinski definition) is 4. The van der Waals surface area contributed by atoms with Gasteiger partial charge in [-0.25, -0.2) is 13.1 Å². The summed E-state index contributed by atoms with van der Waals surface area (Å²) in [6.45, 7) is 9.57. The average molecular weight is 250 g/mol. The Hall–Kier alpha value is -0.170. The normalized spacial score (nSPS) is 19.9. The molecular weight excluding hydrogens is 228 g/mol. The molecule has 6 heteroatoms. The summed E-state index contributed by atoms with van der Waals surface area (Å²) in [6, 6.07) is 0. The van der Waals surface area contributed by atoms with Crippen molar-refractivity contribution in [2.45, 2.75) is 25.5 Å². The SMILES string of the molecule is CC(C)(C)S(=O)(=O)NCCN1CCOCC1. The molecule has 0 radical (unpaired) electrons. The summed E-state index contributed by atoms with van der Waals surface area (Å²) in [5, 5.41) is 0. The lowest BCUT2D eigenvalue weighted by Crippen LogP contribution is -2.45. The Morgan fingerprint density at radius 1 is 1.25 bits per heavy atom. The molecule has 0 aromatic heterocycles. The highest BCUT2D eigenvalue weighted by Crippen LogP contribution is 2.12. The Kier molecular flexibility index (Phi) is 4.73. The summed E-state index contributed by atoms with van der Waals surface area (Å²) in [6.07, 6.45) is 0. The standard InChI is InChI=1S/C10H22N2O3S/c1-10(2,3)16(13,14)11-4-5-12-6-8-15-9-7-12/h11H,4-9H2,1-3H3. The third-order valence-corrected chi connectivity index (χ3v) is 4.83. The lowest BCUT2D eigenvalue weighted by Gasteiger charge is -2.27. The molecule has 0 atom stereocenters. The Balaban J connectivity index is 2.29. The second kappa shape index (κ2) is 5.44. The van der Waals surface area contributed by atoms with Crippen LogP contribution in [0.15, 0.2) is 0 Å². The first-order valence-electron chi connectivity index (χ1n) is 5.62. The topological polar surface area (TPSA) is 58.6 Å². The van der Waals surface area contributed by atoms with Crippen LogP contribution < -0.4 is 4.72 Å². The van der Waals surface area contributed by atoms with E-state index in [2.05, 4.69) is 9.62 Å². The van der Waals surface area contributed by atoms with Crippen LogP contribution >= 0.6 is 0 Å². The van der Waals surface area contributed by atoms with Crippen LogP contribution in [0.4, 0.5) is 0 Å². The number of hydrogen-bond donors (Lipinski definition) is 1. The van der Waals surface area contributed by atoms with Gasteiger partial charge in [-0.1, -0.05) is 0 Å². The summed E-state index contributed by atoms with van der Waals surface area (Å²) in [7, 11) is -3.21. The molecule has 96 valence electrons. The molecule has 0 aromatic carbocycles. The van der Waals surface area contributed by atoms with E-state index in [4.69, 9.17) is 4.74 Å². The Morgan fingerprint density at radius 3 is 2.31 bits per heavy atom. The molecule has 0 bridgehead atoms. The van der Waals surface area contributed by atoms with Gasteiger partial charge in [0.15, 0.2) is 0 Å². The van der Waals surface area contributed by atoms with Crippen LogP contribution in [0.5, 0.6) is 0 Å². The molecular formula is C10H22N2O3S. The Bertz CT molecular complexity index is 303. The highest BCUT2D eigenvalue weighted by atomic mass is 32.2. The van der Waals surface area contributed by atoms with E-state index in [1.165, 1.54) is 0 Å². The number of ether oxygens (including phenoxy) is 1. The maximum absolute atomic E-state index is 11.7. The van der Waals surface area contributed by atoms with Crippen molar-refractivity contribution in [2.24, 2.45) is 0 Å². The highest BCUT2D eigenvalue weighted by molar-refractivity contribution is 7.90. The maximum atomic E-state index is 11.7. The Labute approximate surface area is 98.2 Å². The fourth-order valence-corrected chi connectivity index (χ4v) is 2.17. The lowest BCUT2D eigenvalue weighted by molar-refractivity contribution is 0.0390. The van der Waals surface area contributed by atoms with E-state index < -0.39 is 14.8 Å². The number of nitrogens with zero attached hydrogens (tertiary/aromatic N) is 1. The van der Waals surface area contributed by atoms with Crippen LogP contribution in [0.2, 0.25) is 0 Å². The molecule has 0 spiro atoms. The first kappa shape index (κ1) is 13.9. The van der Waals surface area contributed by atoms with E-state index in [0.29, 0.717) is 6.54 Å². The van der Waals surface area contributed by atoms with Crippen molar-refractivity contribution in [2.75, 3.05) is 39.4 Å². The predicted molar refractivity (Wildman–Crippen MR) is 63.9 cm³/mol. The number of rotatable bonds is 4. The third-order valence-electron chi connectivity index (χ3n) is 2.63. The minimum atomic E-state index is -3.21. The van der Waals surface area contributed by atoms with E-state index in [1.807, 2.05) is 0 Å². The fraction of sp³-hybridized carbons (Fsp3) is 1.00. The van der Waals surface area contributed by atoms with Crippen molar-refractivity contribution in [1.29, 1.82) is 0 Å². The van der Waals surface area contributed by atoms with Gasteiger partial charge in [-0.3, -0.25) is 4.90 Å². The van der Waals surface area contributed by atoms with Gasteiger partial charge in [0.05, 0.1) is 18.0 Å². The molecule has 5 nitrogen and oxygen atoms in total. The van der Waals surface area contributed by atoms with Gasteiger partial charge in [0, 0.05) is 26.2 Å². The molecule has 0 amide bonds. The van der Waals surface area contributed by atoms with E-state index in [-0.39, 0.29) is 0 Å². The number of nitrogens with one attached hydrogen (secondary N) is 1. The summed E-state index contributed by atoms with van der Waals surface area (Å²) >= 11 is 0. The molecule has 0 aromatic rings. The van der Waals surface area contributed by atoms with Crippen LogP contribution in [-0.2, 0) is 14.8 Å². The van der Waals surface area contributed by atoms with Gasteiger partial charge < -0.3 is 4.74 Å². The van der Waals surface area contributed by atoms with E-state index >= 15 is 0 Å². The molecule has 0 aliphatic carbocycles. The van der Waals surface area contributed by atoms with Crippen LogP contribution in [0.1, 0.15) is 20.8 Å². The van der Waals surface area contributed by atoms with Crippen molar-refractivity contribution >= 4 is 10.0 Å². The maximum Gasteiger partial charge on any atom is 0.216 e. The highest BCUT2D eigenvalue weighted by Gasteiger charge is 2.28. The quantitative estimate of drug-likeness (QED) is 0.765. The third kappa shape index (κ3) is 4.01. The zero-order valence-electron chi connectivity index (χ0n) is 10.3. The Morgan fingerprint density at radius 2 is 1.81 bits per heavy atom.